The molecular formula is C26H31N3O2S2. The molecule has 0 radical (unpaired) electrons. The molecule has 1 amide bonds. The molecule has 33 heavy (non-hydrogen) atoms. The van der Waals surface area contributed by atoms with Gasteiger partial charge in [-0.1, -0.05) is 33.8 Å². The minimum absolute atomic E-state index is 0.105. The summed E-state index contributed by atoms with van der Waals surface area (Å²) in [6.45, 7) is 10.5. The van der Waals surface area contributed by atoms with Gasteiger partial charge in [0.25, 0.3) is 5.91 Å². The van der Waals surface area contributed by atoms with Crippen LogP contribution in [-0.2, 0) is 16.0 Å². The van der Waals surface area contributed by atoms with Crippen LogP contribution in [0.1, 0.15) is 63.8 Å². The summed E-state index contributed by atoms with van der Waals surface area (Å²) in [6.07, 6.45) is 3.86. The number of nitrogens with one attached hydrogen (secondary N) is 2. The van der Waals surface area contributed by atoms with E-state index in [1.165, 1.54) is 9.09 Å². The predicted molar refractivity (Wildman–Crippen MR) is 137 cm³/mol. The lowest BCUT2D eigenvalue weighted by Gasteiger charge is -2.39. The number of hydrogen-bond acceptors (Lipinski definition) is 6. The van der Waals surface area contributed by atoms with Crippen LogP contribution in [0, 0.1) is 5.41 Å². The summed E-state index contributed by atoms with van der Waals surface area (Å²) in [4.78, 5) is 32.7. The van der Waals surface area contributed by atoms with Crippen LogP contribution in [0.3, 0.4) is 0 Å². The van der Waals surface area contributed by atoms with Gasteiger partial charge in [-0.25, -0.2) is 4.98 Å². The number of hydrogen-bond donors (Lipinski definition) is 2. The van der Waals surface area contributed by atoms with Crippen LogP contribution in [0.5, 0.6) is 0 Å². The molecule has 7 heteroatoms. The number of thiophene rings is 1. The number of rotatable bonds is 6. The van der Waals surface area contributed by atoms with Crippen molar-refractivity contribution < 1.29 is 9.59 Å². The van der Waals surface area contributed by atoms with Crippen molar-refractivity contribution >= 4 is 40.6 Å². The monoisotopic (exact) mass is 481 g/mol. The quantitative estimate of drug-likeness (QED) is 0.491. The first-order valence-electron chi connectivity index (χ1n) is 11.5. The number of nitrogens with zero attached hydrogens (tertiary/aromatic N) is 1. The third kappa shape index (κ3) is 4.80. The molecule has 0 saturated heterocycles. The molecule has 0 aromatic carbocycles. The minimum atomic E-state index is -0.376. The van der Waals surface area contributed by atoms with Crippen LogP contribution >= 0.6 is 23.1 Å². The zero-order valence-corrected chi connectivity index (χ0v) is 21.5. The van der Waals surface area contributed by atoms with Crippen LogP contribution in [0.4, 0.5) is 5.82 Å². The Hall–Kier alpha value is -2.38. The summed E-state index contributed by atoms with van der Waals surface area (Å²) < 4.78 is 1.20. The zero-order chi connectivity index (χ0) is 23.8. The van der Waals surface area contributed by atoms with E-state index in [0.717, 1.165) is 41.1 Å². The topological polar surface area (TPSA) is 71.1 Å². The molecule has 0 unspecified atom stereocenters. The lowest BCUT2D eigenvalue weighted by molar-refractivity contribution is -0.118. The number of aryl methyl sites for hydroxylation is 1. The lowest BCUT2D eigenvalue weighted by atomic mass is 9.69. The number of anilines is 1. The molecule has 2 aromatic heterocycles. The van der Waals surface area contributed by atoms with Gasteiger partial charge < -0.3 is 10.6 Å². The van der Waals surface area contributed by atoms with Crippen molar-refractivity contribution in [3.8, 4) is 0 Å². The molecule has 2 aliphatic rings. The smallest absolute Gasteiger partial charge is 0.255 e. The lowest BCUT2D eigenvalue weighted by Crippen LogP contribution is -2.39. The molecule has 0 fully saturated rings. The molecule has 5 nitrogen and oxygen atoms in total. The highest BCUT2D eigenvalue weighted by Crippen LogP contribution is 2.50. The third-order valence-electron chi connectivity index (χ3n) is 6.10. The number of Topliss-reactive ketones (excluding diaryl/α,β-unsaturated/α-hetero) is 1. The van der Waals surface area contributed by atoms with Crippen LogP contribution in [0.25, 0.3) is 0 Å². The fraction of sp³-hybridized carbons (Fsp3) is 0.423. The van der Waals surface area contributed by atoms with Gasteiger partial charge in [-0.05, 0) is 54.7 Å². The summed E-state index contributed by atoms with van der Waals surface area (Å²) in [7, 11) is 0. The maximum absolute atomic E-state index is 13.6. The largest absolute Gasteiger partial charge is 0.362 e. The number of allylic oxidation sites excluding steroid dienone is 3. The van der Waals surface area contributed by atoms with E-state index in [9.17, 15) is 9.59 Å². The average molecular weight is 482 g/mol. The van der Waals surface area contributed by atoms with Crippen LogP contribution < -0.4 is 10.6 Å². The fourth-order valence-corrected chi connectivity index (χ4v) is 7.11. The van der Waals surface area contributed by atoms with Gasteiger partial charge in [0.1, 0.15) is 5.82 Å². The minimum Gasteiger partial charge on any atom is -0.362 e. The van der Waals surface area contributed by atoms with Gasteiger partial charge >= 0.3 is 0 Å². The van der Waals surface area contributed by atoms with Gasteiger partial charge in [-0.15, -0.1) is 23.1 Å². The van der Waals surface area contributed by atoms with Crippen molar-refractivity contribution in [2.45, 2.75) is 64.0 Å². The number of pyridine rings is 1. The predicted octanol–water partition coefficient (Wildman–Crippen LogP) is 6.06. The Morgan fingerprint density at radius 2 is 2.09 bits per heavy atom. The van der Waals surface area contributed by atoms with Gasteiger partial charge in [0.05, 0.1) is 4.21 Å². The second-order valence-corrected chi connectivity index (χ2v) is 12.0. The van der Waals surface area contributed by atoms with Crippen molar-refractivity contribution in [3.05, 3.63) is 63.4 Å². The molecule has 1 aliphatic heterocycles. The van der Waals surface area contributed by atoms with E-state index >= 15 is 0 Å². The normalized spacial score (nSPS) is 19.9. The molecule has 0 spiro atoms. The summed E-state index contributed by atoms with van der Waals surface area (Å²) in [5.41, 5.74) is 4.09. The molecule has 2 aromatic rings. The summed E-state index contributed by atoms with van der Waals surface area (Å²) in [6, 6.07) is 7.64. The van der Waals surface area contributed by atoms with Crippen LogP contribution in [0.2, 0.25) is 0 Å². The maximum atomic E-state index is 13.6. The van der Waals surface area contributed by atoms with Crippen molar-refractivity contribution in [1.82, 2.24) is 10.3 Å². The first kappa shape index (κ1) is 23.8. The van der Waals surface area contributed by atoms with Crippen molar-refractivity contribution in [2.24, 2.45) is 5.41 Å². The molecule has 0 bridgehead atoms. The third-order valence-corrected chi connectivity index (χ3v) is 8.58. The van der Waals surface area contributed by atoms with E-state index in [0.29, 0.717) is 17.8 Å². The Balaban J connectivity index is 1.86. The summed E-state index contributed by atoms with van der Waals surface area (Å²) in [5, 5.41) is 6.40. The number of thioether (sulfide) groups is 1. The Kier molecular flexibility index (Phi) is 6.82. The maximum Gasteiger partial charge on any atom is 0.255 e. The van der Waals surface area contributed by atoms with E-state index in [1.54, 1.807) is 35.4 Å². The van der Waals surface area contributed by atoms with Crippen molar-refractivity contribution in [3.63, 3.8) is 0 Å². The first-order chi connectivity index (χ1) is 15.7. The SMILES string of the molecule is CCSc1sc(CC)cc1[C@H]1C(C(=O)Nc2ccccn2)=C(C)NC2=C1C(=O)CC(C)(C)C2. The van der Waals surface area contributed by atoms with E-state index in [2.05, 4.69) is 49.4 Å². The molecule has 3 heterocycles. The van der Waals surface area contributed by atoms with E-state index in [1.807, 2.05) is 19.1 Å². The van der Waals surface area contributed by atoms with Gasteiger partial charge in [0.15, 0.2) is 5.78 Å². The highest BCUT2D eigenvalue weighted by Gasteiger charge is 2.43. The van der Waals surface area contributed by atoms with Crippen molar-refractivity contribution in [1.29, 1.82) is 0 Å². The number of aromatic nitrogens is 1. The standard InChI is InChI=1S/C26H31N3O2S2/c1-6-16-12-17(25(33-16)32-7-2)22-21(24(31)29-20-10-8-9-11-27-20)15(3)28-18-13-26(4,5)14-19(30)23(18)22/h8-12,22,28H,6-7,13-14H2,1-5H3,(H,27,29,31)/t22-/m0/s1. The summed E-state index contributed by atoms with van der Waals surface area (Å²) >= 11 is 3.57. The van der Waals surface area contributed by atoms with Gasteiger partial charge in [-0.2, -0.15) is 0 Å². The van der Waals surface area contributed by atoms with Crippen molar-refractivity contribution in [2.75, 3.05) is 11.1 Å². The van der Waals surface area contributed by atoms with Gasteiger partial charge in [-0.3, -0.25) is 9.59 Å². The molecule has 1 aliphatic carbocycles. The highest BCUT2D eigenvalue weighted by atomic mass is 32.2. The van der Waals surface area contributed by atoms with E-state index in [4.69, 9.17) is 0 Å². The van der Waals surface area contributed by atoms with Crippen LogP contribution in [-0.4, -0.2) is 22.4 Å². The fourth-order valence-electron chi connectivity index (χ4n) is 4.73. The Morgan fingerprint density at radius 1 is 1.30 bits per heavy atom. The number of carbonyl (C=O) groups excluding carboxylic acids is 2. The van der Waals surface area contributed by atoms with Crippen LogP contribution in [0.15, 0.2) is 57.2 Å². The first-order valence-corrected chi connectivity index (χ1v) is 13.3. The highest BCUT2D eigenvalue weighted by molar-refractivity contribution is 8.01. The number of carbonyl (C=O) groups is 2. The molecule has 0 saturated carbocycles. The zero-order valence-electron chi connectivity index (χ0n) is 19.9. The van der Waals surface area contributed by atoms with Gasteiger partial charge in [0.2, 0.25) is 0 Å². The molecule has 1 atom stereocenters. The Morgan fingerprint density at radius 3 is 2.76 bits per heavy atom. The molecule has 174 valence electrons. The number of dihydropyridines is 1. The molecule has 2 N–H and O–H groups in total. The Bertz CT molecular complexity index is 1150. The molecule has 4 rings (SSSR count). The average Bonchev–Trinajstić information content (AvgIpc) is 3.15. The van der Waals surface area contributed by atoms with E-state index < -0.39 is 0 Å². The number of ketones is 1. The molecular weight excluding hydrogens is 450 g/mol. The second-order valence-electron chi connectivity index (χ2n) is 9.34. The Labute approximate surface area is 204 Å². The summed E-state index contributed by atoms with van der Waals surface area (Å²) in [5.74, 6) is 0.974. The van der Waals surface area contributed by atoms with E-state index in [-0.39, 0.29) is 23.0 Å². The number of amides is 1. The van der Waals surface area contributed by atoms with Gasteiger partial charge in [0, 0.05) is 46.0 Å². The second kappa shape index (κ2) is 9.47.